The Hall–Kier alpha value is -2.21. The van der Waals surface area contributed by atoms with E-state index in [2.05, 4.69) is 15.6 Å². The van der Waals surface area contributed by atoms with Crippen molar-refractivity contribution in [2.24, 2.45) is 0 Å². The molecule has 0 bridgehead atoms. The maximum Gasteiger partial charge on any atom is 0.228 e. The van der Waals surface area contributed by atoms with E-state index in [-0.39, 0.29) is 24.3 Å². The molecule has 2 heterocycles. The van der Waals surface area contributed by atoms with Crippen molar-refractivity contribution >= 4 is 28.8 Å². The number of aryl methyl sites for hydroxylation is 1. The normalized spacial score (nSPS) is 18.3. The second-order valence-corrected chi connectivity index (χ2v) is 6.70. The molecule has 6 heteroatoms. The van der Waals surface area contributed by atoms with Gasteiger partial charge in [0.25, 0.3) is 0 Å². The summed E-state index contributed by atoms with van der Waals surface area (Å²) in [6.07, 6.45) is 1.97. The van der Waals surface area contributed by atoms with Gasteiger partial charge in [0.1, 0.15) is 5.01 Å². The zero-order valence-electron chi connectivity index (χ0n) is 12.4. The highest BCUT2D eigenvalue weighted by Crippen LogP contribution is 2.32. The molecule has 2 amide bonds. The average molecular weight is 315 g/mol. The second kappa shape index (κ2) is 5.88. The van der Waals surface area contributed by atoms with Gasteiger partial charge in [-0.2, -0.15) is 0 Å². The van der Waals surface area contributed by atoms with Gasteiger partial charge in [-0.25, -0.2) is 4.98 Å². The highest BCUT2D eigenvalue weighted by Gasteiger charge is 2.31. The SMILES string of the molecule is Cc1cnc(C(C)NC(=O)C2CC(=O)Nc3ccccc32)s1. The van der Waals surface area contributed by atoms with Gasteiger partial charge in [0.2, 0.25) is 11.8 Å². The number of nitrogens with one attached hydrogen (secondary N) is 2. The molecule has 0 saturated carbocycles. The minimum Gasteiger partial charge on any atom is -0.347 e. The quantitative estimate of drug-likeness (QED) is 0.915. The molecule has 114 valence electrons. The summed E-state index contributed by atoms with van der Waals surface area (Å²) in [6.45, 7) is 3.89. The van der Waals surface area contributed by atoms with Crippen LogP contribution in [0.4, 0.5) is 5.69 Å². The number of hydrogen-bond acceptors (Lipinski definition) is 4. The fraction of sp³-hybridized carbons (Fsp3) is 0.312. The van der Waals surface area contributed by atoms with Crippen LogP contribution in [0.1, 0.15) is 40.8 Å². The number of carbonyl (C=O) groups excluding carboxylic acids is 2. The highest BCUT2D eigenvalue weighted by molar-refractivity contribution is 7.11. The molecule has 2 atom stereocenters. The first-order chi connectivity index (χ1) is 10.5. The van der Waals surface area contributed by atoms with Crippen LogP contribution in [0.3, 0.4) is 0 Å². The molecule has 2 N–H and O–H groups in total. The third-order valence-electron chi connectivity index (χ3n) is 3.68. The standard InChI is InChI=1S/C16H17N3O2S/c1-9-8-17-16(22-9)10(2)18-15(21)12-7-14(20)19-13-6-4-3-5-11(12)13/h3-6,8,10,12H,7H2,1-2H3,(H,18,21)(H,19,20). The molecule has 3 rings (SSSR count). The summed E-state index contributed by atoms with van der Waals surface area (Å²) in [5.74, 6) is -0.715. The van der Waals surface area contributed by atoms with Crippen molar-refractivity contribution in [1.29, 1.82) is 0 Å². The Bertz CT molecular complexity index is 726. The lowest BCUT2D eigenvalue weighted by molar-refractivity contribution is -0.126. The van der Waals surface area contributed by atoms with E-state index in [9.17, 15) is 9.59 Å². The van der Waals surface area contributed by atoms with Gasteiger partial charge in [-0.05, 0) is 25.5 Å². The van der Waals surface area contributed by atoms with Crippen LogP contribution in [0.25, 0.3) is 0 Å². The molecular weight excluding hydrogens is 298 g/mol. The van der Waals surface area contributed by atoms with Gasteiger partial charge in [0, 0.05) is 23.2 Å². The highest BCUT2D eigenvalue weighted by atomic mass is 32.1. The Morgan fingerprint density at radius 3 is 2.95 bits per heavy atom. The van der Waals surface area contributed by atoms with Crippen LogP contribution in [0.5, 0.6) is 0 Å². The number of fused-ring (bicyclic) bond motifs is 1. The van der Waals surface area contributed by atoms with Crippen molar-refractivity contribution in [3.05, 3.63) is 45.9 Å². The van der Waals surface area contributed by atoms with Crippen LogP contribution in [0.15, 0.2) is 30.5 Å². The van der Waals surface area contributed by atoms with E-state index in [4.69, 9.17) is 0 Å². The number of anilines is 1. The van der Waals surface area contributed by atoms with Crippen LogP contribution in [0, 0.1) is 6.92 Å². The van der Waals surface area contributed by atoms with Gasteiger partial charge in [0.15, 0.2) is 0 Å². The fourth-order valence-electron chi connectivity index (χ4n) is 2.59. The Balaban J connectivity index is 1.79. The summed E-state index contributed by atoms with van der Waals surface area (Å²) in [4.78, 5) is 29.8. The van der Waals surface area contributed by atoms with Crippen LogP contribution in [-0.2, 0) is 9.59 Å². The lowest BCUT2D eigenvalue weighted by Gasteiger charge is -2.25. The van der Waals surface area contributed by atoms with E-state index < -0.39 is 5.92 Å². The monoisotopic (exact) mass is 315 g/mol. The number of benzene rings is 1. The predicted molar refractivity (Wildman–Crippen MR) is 85.8 cm³/mol. The first-order valence-corrected chi connectivity index (χ1v) is 7.97. The summed E-state index contributed by atoms with van der Waals surface area (Å²) < 4.78 is 0. The zero-order chi connectivity index (χ0) is 15.7. The molecule has 2 unspecified atom stereocenters. The molecular formula is C16H17N3O2S. The van der Waals surface area contributed by atoms with Crippen LogP contribution >= 0.6 is 11.3 Å². The zero-order valence-corrected chi connectivity index (χ0v) is 13.2. The van der Waals surface area contributed by atoms with Gasteiger partial charge < -0.3 is 10.6 Å². The Morgan fingerprint density at radius 1 is 1.45 bits per heavy atom. The molecule has 1 aliphatic heterocycles. The second-order valence-electron chi connectivity index (χ2n) is 5.43. The summed E-state index contributed by atoms with van der Waals surface area (Å²) in [5.41, 5.74) is 1.58. The van der Waals surface area contributed by atoms with Gasteiger partial charge in [-0.1, -0.05) is 18.2 Å². The maximum absolute atomic E-state index is 12.6. The van der Waals surface area contributed by atoms with Crippen LogP contribution in [0.2, 0.25) is 0 Å². The number of rotatable bonds is 3. The minimum atomic E-state index is -0.451. The molecule has 0 spiro atoms. The van der Waals surface area contributed by atoms with Crippen molar-refractivity contribution in [3.63, 3.8) is 0 Å². The minimum absolute atomic E-state index is 0.128. The summed E-state index contributed by atoms with van der Waals surface area (Å²) in [6, 6.07) is 7.27. The van der Waals surface area contributed by atoms with Crippen molar-refractivity contribution in [2.75, 3.05) is 5.32 Å². The molecule has 0 saturated heterocycles. The van der Waals surface area contributed by atoms with Gasteiger partial charge in [-0.15, -0.1) is 11.3 Å². The molecule has 1 aromatic carbocycles. The Kier molecular flexibility index (Phi) is 3.94. The lowest BCUT2D eigenvalue weighted by atomic mass is 9.89. The van der Waals surface area contributed by atoms with Crippen molar-refractivity contribution in [1.82, 2.24) is 10.3 Å². The van der Waals surface area contributed by atoms with E-state index in [1.807, 2.05) is 38.1 Å². The van der Waals surface area contributed by atoms with Crippen molar-refractivity contribution in [2.45, 2.75) is 32.2 Å². The van der Waals surface area contributed by atoms with Crippen LogP contribution < -0.4 is 10.6 Å². The van der Waals surface area contributed by atoms with Gasteiger partial charge in [0.05, 0.1) is 12.0 Å². The maximum atomic E-state index is 12.6. The van der Waals surface area contributed by atoms with E-state index in [1.165, 1.54) is 0 Å². The number of carbonyl (C=O) groups is 2. The van der Waals surface area contributed by atoms with Crippen molar-refractivity contribution < 1.29 is 9.59 Å². The Labute approximate surface area is 132 Å². The number of hydrogen-bond donors (Lipinski definition) is 2. The van der Waals surface area contributed by atoms with Crippen LogP contribution in [-0.4, -0.2) is 16.8 Å². The third kappa shape index (κ3) is 2.87. The van der Waals surface area contributed by atoms with Crippen molar-refractivity contribution in [3.8, 4) is 0 Å². The summed E-state index contributed by atoms with van der Waals surface area (Å²) >= 11 is 1.57. The molecule has 1 aromatic heterocycles. The molecule has 5 nitrogen and oxygen atoms in total. The average Bonchev–Trinajstić information content (AvgIpc) is 2.93. The summed E-state index contributed by atoms with van der Waals surface area (Å²) in [5, 5.41) is 6.65. The first kappa shape index (κ1) is 14.7. The number of para-hydroxylation sites is 1. The number of thiazole rings is 1. The Morgan fingerprint density at radius 2 is 2.23 bits per heavy atom. The molecule has 22 heavy (non-hydrogen) atoms. The van der Waals surface area contributed by atoms with E-state index in [0.29, 0.717) is 0 Å². The number of aromatic nitrogens is 1. The largest absolute Gasteiger partial charge is 0.347 e. The fourth-order valence-corrected chi connectivity index (χ4v) is 3.37. The number of amides is 2. The summed E-state index contributed by atoms with van der Waals surface area (Å²) in [7, 11) is 0. The third-order valence-corrected chi connectivity index (χ3v) is 4.78. The van der Waals surface area contributed by atoms with Gasteiger partial charge >= 0.3 is 0 Å². The predicted octanol–water partition coefficient (Wildman–Crippen LogP) is 2.75. The molecule has 0 radical (unpaired) electrons. The molecule has 0 fully saturated rings. The molecule has 0 aliphatic carbocycles. The number of nitrogens with zero attached hydrogens (tertiary/aromatic N) is 1. The molecule has 1 aliphatic rings. The first-order valence-electron chi connectivity index (χ1n) is 7.16. The van der Waals surface area contributed by atoms with Gasteiger partial charge in [-0.3, -0.25) is 9.59 Å². The lowest BCUT2D eigenvalue weighted by Crippen LogP contribution is -2.36. The molecule has 2 aromatic rings. The topological polar surface area (TPSA) is 71.1 Å². The van der Waals surface area contributed by atoms with E-state index >= 15 is 0 Å². The smallest absolute Gasteiger partial charge is 0.228 e. The van der Waals surface area contributed by atoms with E-state index in [1.54, 1.807) is 17.5 Å². The van der Waals surface area contributed by atoms with E-state index in [0.717, 1.165) is 21.1 Å².